The molecule has 9 rings (SSSR count). The summed E-state index contributed by atoms with van der Waals surface area (Å²) >= 11 is 0. The van der Waals surface area contributed by atoms with E-state index in [4.69, 9.17) is 4.98 Å². The third-order valence-electron chi connectivity index (χ3n) is 7.98. The van der Waals surface area contributed by atoms with Gasteiger partial charge in [0.1, 0.15) is 5.65 Å². The van der Waals surface area contributed by atoms with Crippen molar-refractivity contribution in [2.75, 3.05) is 0 Å². The highest BCUT2D eigenvalue weighted by molar-refractivity contribution is 6.17. The summed E-state index contributed by atoms with van der Waals surface area (Å²) in [4.78, 5) is 14.0. The molecule has 0 radical (unpaired) electrons. The highest BCUT2D eigenvalue weighted by Gasteiger charge is 2.30. The van der Waals surface area contributed by atoms with Crippen LogP contribution in [0.4, 0.5) is 0 Å². The zero-order valence-corrected chi connectivity index (χ0v) is 18.8. The maximum absolute atomic E-state index is 4.98. The standard InChI is InChI=1S/C31H18N4/c1-2-5-20-17(4-1)14-18-7-8-19-15-24-21(28(19)27(18)20)9-10-23-29(24)22-11-13-32-16-26(22)35-25-6-3-12-33-30(25)34-31(23)35/h1-13,16H,14-15H2. The van der Waals surface area contributed by atoms with Crippen LogP contribution in [0, 0.1) is 0 Å². The number of aromatic nitrogens is 4. The van der Waals surface area contributed by atoms with Gasteiger partial charge in [-0.05, 0) is 87.0 Å². The molecule has 0 saturated heterocycles. The molecule has 35 heavy (non-hydrogen) atoms. The second kappa shape index (κ2) is 6.10. The first-order valence-corrected chi connectivity index (χ1v) is 12.0. The number of imidazole rings is 1. The largest absolute Gasteiger partial charge is 0.288 e. The van der Waals surface area contributed by atoms with Crippen molar-refractivity contribution in [3.63, 3.8) is 0 Å². The van der Waals surface area contributed by atoms with Gasteiger partial charge in [-0.3, -0.25) is 9.38 Å². The van der Waals surface area contributed by atoms with Crippen molar-refractivity contribution in [2.24, 2.45) is 0 Å². The fourth-order valence-electron chi connectivity index (χ4n) is 6.59. The van der Waals surface area contributed by atoms with E-state index < -0.39 is 0 Å². The minimum Gasteiger partial charge on any atom is -0.288 e. The van der Waals surface area contributed by atoms with Gasteiger partial charge in [0.15, 0.2) is 5.65 Å². The van der Waals surface area contributed by atoms with E-state index in [1.807, 2.05) is 24.7 Å². The Bertz CT molecular complexity index is 2070. The van der Waals surface area contributed by atoms with E-state index in [1.165, 1.54) is 60.7 Å². The van der Waals surface area contributed by atoms with Gasteiger partial charge in [0, 0.05) is 23.2 Å². The number of hydrogen-bond donors (Lipinski definition) is 0. The summed E-state index contributed by atoms with van der Waals surface area (Å²) in [5.41, 5.74) is 15.1. The van der Waals surface area contributed by atoms with Gasteiger partial charge in [-0.1, -0.05) is 42.5 Å². The van der Waals surface area contributed by atoms with E-state index in [2.05, 4.69) is 75.0 Å². The number of rotatable bonds is 0. The third-order valence-corrected chi connectivity index (χ3v) is 7.98. The van der Waals surface area contributed by atoms with Gasteiger partial charge in [-0.2, -0.15) is 0 Å². The first-order chi connectivity index (χ1) is 17.4. The molecule has 0 spiro atoms. The molecule has 162 valence electrons. The second-order valence-electron chi connectivity index (χ2n) is 9.67. The zero-order valence-electron chi connectivity index (χ0n) is 18.8. The molecule has 4 heterocycles. The SMILES string of the molecule is c1ccc2c(c1)Cc1ccc3c(c1-2)-c1ccc2c(c1C3)c1ccncc1n1c3cccnc3nc21. The zero-order chi connectivity index (χ0) is 22.7. The highest BCUT2D eigenvalue weighted by Crippen LogP contribution is 2.51. The summed E-state index contributed by atoms with van der Waals surface area (Å²) in [5, 5.41) is 3.68. The van der Waals surface area contributed by atoms with Crippen LogP contribution in [0.15, 0.2) is 85.3 Å². The molecule has 0 bridgehead atoms. The van der Waals surface area contributed by atoms with Gasteiger partial charge in [-0.25, -0.2) is 9.97 Å². The molecule has 2 aliphatic rings. The topological polar surface area (TPSA) is 43.1 Å². The van der Waals surface area contributed by atoms with Crippen LogP contribution in [0.25, 0.3) is 60.7 Å². The molecule has 4 nitrogen and oxygen atoms in total. The minimum atomic E-state index is 0.767. The van der Waals surface area contributed by atoms with E-state index in [1.54, 1.807) is 0 Å². The van der Waals surface area contributed by atoms with Gasteiger partial charge < -0.3 is 0 Å². The second-order valence-corrected chi connectivity index (χ2v) is 9.67. The molecule has 0 N–H and O–H groups in total. The molecule has 4 heteroatoms. The molecule has 2 aliphatic carbocycles. The summed E-state index contributed by atoms with van der Waals surface area (Å²) in [7, 11) is 0. The van der Waals surface area contributed by atoms with Gasteiger partial charge in [0.05, 0.1) is 17.2 Å². The molecule has 0 amide bonds. The Morgan fingerprint density at radius 1 is 0.657 bits per heavy atom. The highest BCUT2D eigenvalue weighted by atomic mass is 15.1. The molecule has 0 atom stereocenters. The van der Waals surface area contributed by atoms with Crippen LogP contribution in [0.3, 0.4) is 0 Å². The summed E-state index contributed by atoms with van der Waals surface area (Å²) < 4.78 is 2.22. The molecule has 0 fully saturated rings. The van der Waals surface area contributed by atoms with Gasteiger partial charge in [0.2, 0.25) is 0 Å². The monoisotopic (exact) mass is 446 g/mol. The van der Waals surface area contributed by atoms with Crippen LogP contribution in [-0.2, 0) is 12.8 Å². The quantitative estimate of drug-likeness (QED) is 0.243. The predicted octanol–water partition coefficient (Wildman–Crippen LogP) is 6.73. The Morgan fingerprint density at radius 2 is 1.54 bits per heavy atom. The lowest BCUT2D eigenvalue weighted by atomic mass is 9.92. The lowest BCUT2D eigenvalue weighted by molar-refractivity contribution is 1.24. The van der Waals surface area contributed by atoms with Gasteiger partial charge >= 0.3 is 0 Å². The Balaban J connectivity index is 1.45. The molecular formula is C31H18N4. The van der Waals surface area contributed by atoms with Crippen LogP contribution >= 0.6 is 0 Å². The van der Waals surface area contributed by atoms with E-state index in [9.17, 15) is 0 Å². The van der Waals surface area contributed by atoms with Crippen molar-refractivity contribution in [2.45, 2.75) is 12.8 Å². The number of pyridine rings is 3. The number of hydrogen-bond acceptors (Lipinski definition) is 3. The number of nitrogens with zero attached hydrogens (tertiary/aromatic N) is 4. The fraction of sp³-hybridized carbons (Fsp3) is 0.0645. The van der Waals surface area contributed by atoms with Crippen molar-refractivity contribution in [1.82, 2.24) is 19.4 Å². The van der Waals surface area contributed by atoms with E-state index in [0.29, 0.717) is 0 Å². The van der Waals surface area contributed by atoms with Crippen molar-refractivity contribution < 1.29 is 0 Å². The average Bonchev–Trinajstić information content (AvgIpc) is 3.59. The normalized spacial score (nSPS) is 13.5. The molecule has 7 aromatic rings. The van der Waals surface area contributed by atoms with Crippen LogP contribution in [-0.4, -0.2) is 19.4 Å². The number of fused-ring (bicyclic) bond motifs is 16. The van der Waals surface area contributed by atoms with Crippen molar-refractivity contribution in [3.8, 4) is 22.3 Å². The van der Waals surface area contributed by atoms with Crippen LogP contribution in [0.5, 0.6) is 0 Å². The fourth-order valence-corrected chi connectivity index (χ4v) is 6.59. The van der Waals surface area contributed by atoms with E-state index >= 15 is 0 Å². The maximum atomic E-state index is 4.98. The first-order valence-electron chi connectivity index (χ1n) is 12.0. The predicted molar refractivity (Wildman–Crippen MR) is 140 cm³/mol. The Kier molecular flexibility index (Phi) is 3.11. The Morgan fingerprint density at radius 3 is 2.51 bits per heavy atom. The van der Waals surface area contributed by atoms with E-state index in [-0.39, 0.29) is 0 Å². The van der Waals surface area contributed by atoms with Gasteiger partial charge in [0.25, 0.3) is 0 Å². The lowest BCUT2D eigenvalue weighted by Gasteiger charge is -2.13. The van der Waals surface area contributed by atoms with Crippen molar-refractivity contribution in [1.29, 1.82) is 0 Å². The Labute approximate surface area is 200 Å². The lowest BCUT2D eigenvalue weighted by Crippen LogP contribution is -1.95. The average molecular weight is 447 g/mol. The number of benzene rings is 3. The third kappa shape index (κ3) is 2.11. The molecule has 4 aromatic heterocycles. The van der Waals surface area contributed by atoms with Crippen molar-refractivity contribution >= 4 is 38.5 Å². The molecule has 3 aromatic carbocycles. The van der Waals surface area contributed by atoms with Crippen molar-refractivity contribution in [3.05, 3.63) is 108 Å². The van der Waals surface area contributed by atoms with Crippen LogP contribution in [0.2, 0.25) is 0 Å². The Hall–Kier alpha value is -4.57. The first kappa shape index (κ1) is 17.8. The molecular weight excluding hydrogens is 428 g/mol. The molecule has 0 aliphatic heterocycles. The smallest absolute Gasteiger partial charge is 0.178 e. The molecule has 0 saturated carbocycles. The maximum Gasteiger partial charge on any atom is 0.178 e. The van der Waals surface area contributed by atoms with E-state index in [0.717, 1.165) is 35.2 Å². The van der Waals surface area contributed by atoms with Crippen LogP contribution < -0.4 is 0 Å². The summed E-state index contributed by atoms with van der Waals surface area (Å²) in [5.74, 6) is 0. The van der Waals surface area contributed by atoms with Gasteiger partial charge in [-0.15, -0.1) is 0 Å². The minimum absolute atomic E-state index is 0.767. The summed E-state index contributed by atoms with van der Waals surface area (Å²) in [6.07, 6.45) is 7.63. The summed E-state index contributed by atoms with van der Waals surface area (Å²) in [6, 6.07) is 24.4. The van der Waals surface area contributed by atoms with Crippen LogP contribution in [0.1, 0.15) is 22.3 Å². The summed E-state index contributed by atoms with van der Waals surface area (Å²) in [6.45, 7) is 0. The molecule has 0 unspecified atom stereocenters.